The van der Waals surface area contributed by atoms with Gasteiger partial charge in [-0.15, -0.1) is 0 Å². The number of nitrogens with two attached hydrogens (primary N) is 1. The molecule has 1 aromatic carbocycles. The number of hydrogen-bond donors (Lipinski definition) is 2. The molecule has 1 fully saturated rings. The first-order chi connectivity index (χ1) is 18.0. The zero-order valence-electron chi connectivity index (χ0n) is 23.5. The molecule has 0 bridgehead atoms. The third-order valence-corrected chi connectivity index (χ3v) is 7.41. The Labute approximate surface area is 227 Å². The minimum absolute atomic E-state index is 0.142. The number of aromatic carboxylic acids is 1. The minimum Gasteiger partial charge on any atom is -0.478 e. The molecule has 1 amide bonds. The molecule has 0 aliphatic carbocycles. The van der Waals surface area contributed by atoms with Crippen molar-refractivity contribution in [2.24, 2.45) is 5.73 Å². The average molecular weight is 560 g/mol. The second kappa shape index (κ2) is 23.4. The standard InChI is InChI=1S/C9H22O3Si.C7H10O3.C7H6O2.C3H7NO2/c1-5-9-13(10-6-2,11-7-3)12-8-4;1-5(2)7(8)10-4-6-3-9-6;8-7(9)6-4-2-1-3-5-6;1-2-6-3(4)5/h5-9H2,1-4H3;6H,1,3-4H2,2H3;1-5H,(H,8,9);2H2,1H3,(H2,4,5). The normalized spacial score (nSPS) is 13.2. The highest BCUT2D eigenvalue weighted by Crippen LogP contribution is 2.17. The van der Waals surface area contributed by atoms with Crippen molar-refractivity contribution >= 4 is 26.8 Å². The number of ether oxygens (including phenoxy) is 3. The zero-order chi connectivity index (χ0) is 29.4. The number of amides is 1. The molecule has 1 aliphatic heterocycles. The van der Waals surface area contributed by atoms with Crippen LogP contribution >= 0.6 is 0 Å². The van der Waals surface area contributed by atoms with Crippen LogP contribution in [-0.2, 0) is 32.3 Å². The van der Waals surface area contributed by atoms with Crippen LogP contribution in [0, 0.1) is 0 Å². The predicted molar refractivity (Wildman–Crippen MR) is 146 cm³/mol. The van der Waals surface area contributed by atoms with Gasteiger partial charge in [-0.25, -0.2) is 14.4 Å². The molecule has 1 aliphatic rings. The van der Waals surface area contributed by atoms with Crippen LogP contribution in [0.5, 0.6) is 0 Å². The lowest BCUT2D eigenvalue weighted by atomic mass is 10.2. The fourth-order valence-corrected chi connectivity index (χ4v) is 5.10. The SMILES string of the molecule is C=C(C)C(=O)OCC1CO1.CCC[Si](OCC)(OCC)OCC.CCOC(N)=O.O=C(O)c1ccccc1. The summed E-state index contributed by atoms with van der Waals surface area (Å²) in [5, 5.41) is 8.38. The van der Waals surface area contributed by atoms with Crippen LogP contribution in [0.1, 0.15) is 58.3 Å². The van der Waals surface area contributed by atoms with Crippen molar-refractivity contribution in [3.63, 3.8) is 0 Å². The maximum absolute atomic E-state index is 10.7. The molecular formula is C26H45NO10Si. The molecule has 38 heavy (non-hydrogen) atoms. The van der Waals surface area contributed by atoms with Gasteiger partial charge in [0.15, 0.2) is 0 Å². The van der Waals surface area contributed by atoms with Crippen LogP contribution < -0.4 is 5.73 Å². The van der Waals surface area contributed by atoms with Crippen molar-refractivity contribution in [3.05, 3.63) is 48.0 Å². The van der Waals surface area contributed by atoms with Gasteiger partial charge in [-0.3, -0.25) is 0 Å². The molecule has 11 nitrogen and oxygen atoms in total. The Morgan fingerprint density at radius 1 is 0.974 bits per heavy atom. The Morgan fingerprint density at radius 2 is 1.47 bits per heavy atom. The summed E-state index contributed by atoms with van der Waals surface area (Å²) in [5.74, 6) is -1.22. The van der Waals surface area contributed by atoms with Crippen LogP contribution in [0.25, 0.3) is 0 Å². The van der Waals surface area contributed by atoms with E-state index in [1.165, 1.54) is 0 Å². The van der Waals surface area contributed by atoms with Crippen LogP contribution in [0.2, 0.25) is 6.04 Å². The van der Waals surface area contributed by atoms with Crippen molar-refractivity contribution in [1.29, 1.82) is 0 Å². The second-order valence-electron chi connectivity index (χ2n) is 7.49. The molecule has 1 atom stereocenters. The van der Waals surface area contributed by atoms with E-state index >= 15 is 0 Å². The summed E-state index contributed by atoms with van der Waals surface area (Å²) in [4.78, 5) is 30.5. The van der Waals surface area contributed by atoms with E-state index in [9.17, 15) is 14.4 Å². The number of rotatable bonds is 13. The topological polar surface area (TPSA) is 156 Å². The molecule has 0 aromatic heterocycles. The van der Waals surface area contributed by atoms with Gasteiger partial charge in [0.1, 0.15) is 12.7 Å². The summed E-state index contributed by atoms with van der Waals surface area (Å²) in [6.07, 6.45) is 0.479. The third kappa shape index (κ3) is 21.3. The highest BCUT2D eigenvalue weighted by molar-refractivity contribution is 6.60. The van der Waals surface area contributed by atoms with Crippen molar-refractivity contribution in [1.82, 2.24) is 0 Å². The Hall–Kier alpha value is -2.77. The van der Waals surface area contributed by atoms with Crippen molar-refractivity contribution in [3.8, 4) is 0 Å². The lowest BCUT2D eigenvalue weighted by Gasteiger charge is -2.27. The van der Waals surface area contributed by atoms with Crippen LogP contribution in [0.15, 0.2) is 42.5 Å². The van der Waals surface area contributed by atoms with Gasteiger partial charge in [-0.05, 0) is 46.8 Å². The van der Waals surface area contributed by atoms with E-state index in [1.807, 2.05) is 20.8 Å². The zero-order valence-corrected chi connectivity index (χ0v) is 24.5. The van der Waals surface area contributed by atoms with Gasteiger partial charge in [-0.2, -0.15) is 0 Å². The summed E-state index contributed by atoms with van der Waals surface area (Å²) in [6, 6.07) is 9.21. The Bertz CT molecular complexity index is 758. The summed E-state index contributed by atoms with van der Waals surface area (Å²) in [7, 11) is -2.30. The molecule has 12 heteroatoms. The Balaban J connectivity index is 0. The Kier molecular flexibility index (Phi) is 23.0. The maximum Gasteiger partial charge on any atom is 0.500 e. The molecule has 0 radical (unpaired) electrons. The maximum atomic E-state index is 10.7. The second-order valence-corrected chi connectivity index (χ2v) is 10.2. The lowest BCUT2D eigenvalue weighted by molar-refractivity contribution is -0.139. The van der Waals surface area contributed by atoms with Gasteiger partial charge >= 0.3 is 26.8 Å². The van der Waals surface area contributed by atoms with Gasteiger partial charge in [-0.1, -0.05) is 38.1 Å². The quantitative estimate of drug-likeness (QED) is 0.153. The summed E-state index contributed by atoms with van der Waals surface area (Å²) in [5.41, 5.74) is 5.30. The Morgan fingerprint density at radius 3 is 1.74 bits per heavy atom. The number of carboxylic acid groups (broad SMARTS) is 1. The van der Waals surface area contributed by atoms with Gasteiger partial charge in [0, 0.05) is 31.4 Å². The fourth-order valence-electron chi connectivity index (χ4n) is 2.49. The molecule has 1 heterocycles. The molecule has 3 N–H and O–H groups in total. The molecule has 1 aromatic rings. The fraction of sp³-hybridized carbons (Fsp3) is 0.577. The largest absolute Gasteiger partial charge is 0.500 e. The van der Waals surface area contributed by atoms with E-state index in [1.54, 1.807) is 44.2 Å². The van der Waals surface area contributed by atoms with E-state index in [2.05, 4.69) is 24.0 Å². The predicted octanol–water partition coefficient (Wildman–Crippen LogP) is 4.44. The number of carbonyl (C=O) groups is 3. The summed E-state index contributed by atoms with van der Waals surface area (Å²) >= 11 is 0. The van der Waals surface area contributed by atoms with Gasteiger partial charge in [0.2, 0.25) is 0 Å². The molecule has 2 rings (SSSR count). The van der Waals surface area contributed by atoms with Gasteiger partial charge in [0.05, 0.1) is 18.8 Å². The number of primary amides is 1. The number of epoxide rings is 1. The first kappa shape index (κ1) is 37.4. The van der Waals surface area contributed by atoms with E-state index in [4.69, 9.17) is 27.9 Å². The first-order valence-electron chi connectivity index (χ1n) is 12.6. The highest BCUT2D eigenvalue weighted by Gasteiger charge is 2.38. The van der Waals surface area contributed by atoms with Crippen LogP contribution in [0.4, 0.5) is 4.79 Å². The van der Waals surface area contributed by atoms with E-state index in [0.717, 1.165) is 12.5 Å². The number of esters is 1. The number of carboxylic acids is 1. The van der Waals surface area contributed by atoms with E-state index < -0.39 is 20.9 Å². The summed E-state index contributed by atoms with van der Waals surface area (Å²) < 4.78 is 30.7. The van der Waals surface area contributed by atoms with Crippen LogP contribution in [0.3, 0.4) is 0 Å². The molecule has 1 unspecified atom stereocenters. The van der Waals surface area contributed by atoms with Crippen molar-refractivity contribution in [2.75, 3.05) is 39.6 Å². The van der Waals surface area contributed by atoms with Gasteiger partial charge < -0.3 is 38.3 Å². The van der Waals surface area contributed by atoms with Gasteiger partial charge in [0.25, 0.3) is 0 Å². The smallest absolute Gasteiger partial charge is 0.478 e. The first-order valence-corrected chi connectivity index (χ1v) is 14.5. The van der Waals surface area contributed by atoms with E-state index in [-0.39, 0.29) is 12.1 Å². The lowest BCUT2D eigenvalue weighted by Crippen LogP contribution is -2.45. The molecule has 218 valence electrons. The highest BCUT2D eigenvalue weighted by atomic mass is 28.4. The number of hydrogen-bond acceptors (Lipinski definition) is 9. The third-order valence-electron chi connectivity index (χ3n) is 4.11. The molecule has 0 saturated carbocycles. The average Bonchev–Trinajstić information content (AvgIpc) is 3.69. The molecular weight excluding hydrogens is 514 g/mol. The van der Waals surface area contributed by atoms with E-state index in [0.29, 0.717) is 50.8 Å². The van der Waals surface area contributed by atoms with Crippen molar-refractivity contribution in [2.45, 2.75) is 60.1 Å². The molecule has 0 spiro atoms. The minimum atomic E-state index is -2.30. The van der Waals surface area contributed by atoms with Crippen molar-refractivity contribution < 1.29 is 47.0 Å². The molecule has 1 saturated heterocycles. The number of carbonyl (C=O) groups excluding carboxylic acids is 2. The summed E-state index contributed by atoms with van der Waals surface area (Å²) in [6.45, 7) is 18.3. The number of benzene rings is 1. The van der Waals surface area contributed by atoms with Crippen LogP contribution in [-0.4, -0.2) is 77.7 Å². The monoisotopic (exact) mass is 559 g/mol.